The van der Waals surface area contributed by atoms with Crippen LogP contribution in [0.1, 0.15) is 18.9 Å². The van der Waals surface area contributed by atoms with Gasteiger partial charge >= 0.3 is 0 Å². The van der Waals surface area contributed by atoms with Gasteiger partial charge < -0.3 is 5.32 Å². The van der Waals surface area contributed by atoms with Gasteiger partial charge in [-0.15, -0.1) is 0 Å². The number of hydrogen-bond acceptors (Lipinski definition) is 3. The Morgan fingerprint density at radius 3 is 3.00 bits per heavy atom. The minimum atomic E-state index is -2.79. The summed E-state index contributed by atoms with van der Waals surface area (Å²) >= 11 is 1.79. The quantitative estimate of drug-likeness (QED) is 0.878. The lowest BCUT2D eigenvalue weighted by Crippen LogP contribution is -2.35. The molecule has 1 aliphatic rings. The minimum absolute atomic E-state index is 0.400. The van der Waals surface area contributed by atoms with E-state index in [0.717, 1.165) is 17.1 Å². The first kappa shape index (κ1) is 15.3. The highest BCUT2D eigenvalue weighted by molar-refractivity contribution is 7.98. The largest absolute Gasteiger partial charge is 0.325 e. The molecule has 1 heterocycles. The summed E-state index contributed by atoms with van der Waals surface area (Å²) < 4.78 is 26.1. The Hall–Kier alpha value is -1.14. The Morgan fingerprint density at radius 2 is 2.35 bits per heavy atom. The lowest BCUT2D eigenvalue weighted by molar-refractivity contribution is -0.118. The maximum atomic E-state index is 13.1. The van der Waals surface area contributed by atoms with Crippen LogP contribution in [0.2, 0.25) is 0 Å². The number of carbonyl (C=O) groups is 1. The highest BCUT2D eigenvalue weighted by Crippen LogP contribution is 2.26. The van der Waals surface area contributed by atoms with Gasteiger partial charge in [-0.1, -0.05) is 19.1 Å². The molecule has 1 aromatic carbocycles. The lowest BCUT2D eigenvalue weighted by atomic mass is 10.1. The van der Waals surface area contributed by atoms with Gasteiger partial charge in [0.15, 0.2) is 0 Å². The molecule has 1 saturated heterocycles. The SMILES string of the molecule is CCSCc1cccc(NC(=O)C2CC(F)(F)CN2)c1. The van der Waals surface area contributed by atoms with E-state index >= 15 is 0 Å². The number of carbonyl (C=O) groups excluding carboxylic acids is 1. The second kappa shape index (κ2) is 6.54. The third-order valence-corrected chi connectivity index (χ3v) is 4.04. The van der Waals surface area contributed by atoms with E-state index in [1.54, 1.807) is 17.8 Å². The van der Waals surface area contributed by atoms with Crippen molar-refractivity contribution in [2.75, 3.05) is 17.6 Å². The van der Waals surface area contributed by atoms with Crippen molar-refractivity contribution < 1.29 is 13.6 Å². The maximum Gasteiger partial charge on any atom is 0.262 e. The van der Waals surface area contributed by atoms with Crippen LogP contribution in [0.5, 0.6) is 0 Å². The molecule has 1 fully saturated rings. The molecule has 110 valence electrons. The minimum Gasteiger partial charge on any atom is -0.325 e. The van der Waals surface area contributed by atoms with E-state index in [4.69, 9.17) is 0 Å². The van der Waals surface area contributed by atoms with Crippen LogP contribution >= 0.6 is 11.8 Å². The van der Waals surface area contributed by atoms with Crippen LogP contribution in [0, 0.1) is 0 Å². The number of hydrogen-bond donors (Lipinski definition) is 2. The van der Waals surface area contributed by atoms with Gasteiger partial charge in [0.25, 0.3) is 5.92 Å². The molecule has 0 saturated carbocycles. The molecule has 1 unspecified atom stereocenters. The zero-order chi connectivity index (χ0) is 14.6. The van der Waals surface area contributed by atoms with Gasteiger partial charge in [-0.2, -0.15) is 11.8 Å². The summed E-state index contributed by atoms with van der Waals surface area (Å²) in [6.07, 6.45) is -0.440. The van der Waals surface area contributed by atoms with Gasteiger partial charge in [-0.25, -0.2) is 8.78 Å². The van der Waals surface area contributed by atoms with E-state index in [9.17, 15) is 13.6 Å². The predicted octanol–water partition coefficient (Wildman–Crippen LogP) is 2.88. The Bertz CT molecular complexity index is 482. The van der Waals surface area contributed by atoms with Gasteiger partial charge in [-0.3, -0.25) is 10.1 Å². The molecule has 0 bridgehead atoms. The highest BCUT2D eigenvalue weighted by Gasteiger charge is 2.42. The zero-order valence-corrected chi connectivity index (χ0v) is 12.1. The van der Waals surface area contributed by atoms with Crippen LogP contribution in [-0.4, -0.2) is 30.2 Å². The standard InChI is InChI=1S/C14H18F2N2OS/c1-2-20-8-10-4-3-5-11(6-10)18-13(19)12-7-14(15,16)9-17-12/h3-6,12,17H,2,7-9H2,1H3,(H,18,19). The summed E-state index contributed by atoms with van der Waals surface area (Å²) in [5, 5.41) is 5.24. The smallest absolute Gasteiger partial charge is 0.262 e. The topological polar surface area (TPSA) is 41.1 Å². The predicted molar refractivity (Wildman–Crippen MR) is 78.3 cm³/mol. The molecule has 1 amide bonds. The molecule has 20 heavy (non-hydrogen) atoms. The number of halogens is 2. The van der Waals surface area contributed by atoms with E-state index in [0.29, 0.717) is 5.69 Å². The van der Waals surface area contributed by atoms with E-state index in [2.05, 4.69) is 17.6 Å². The molecule has 2 rings (SSSR count). The molecule has 1 atom stereocenters. The Labute approximate surface area is 121 Å². The summed E-state index contributed by atoms with van der Waals surface area (Å²) in [5.41, 5.74) is 1.76. The first-order chi connectivity index (χ1) is 9.50. The molecule has 3 nitrogen and oxygen atoms in total. The van der Waals surface area contributed by atoms with Crippen molar-refractivity contribution in [3.8, 4) is 0 Å². The molecule has 2 N–H and O–H groups in total. The summed E-state index contributed by atoms with van der Waals surface area (Å²) in [7, 11) is 0. The number of nitrogens with one attached hydrogen (secondary N) is 2. The van der Waals surface area contributed by atoms with E-state index in [1.807, 2.05) is 18.2 Å². The molecule has 1 aromatic rings. The van der Waals surface area contributed by atoms with Gasteiger partial charge in [0.05, 0.1) is 12.6 Å². The Balaban J connectivity index is 1.94. The maximum absolute atomic E-state index is 13.1. The van der Waals surface area contributed by atoms with Crippen LogP contribution in [0.3, 0.4) is 0 Å². The average molecular weight is 300 g/mol. The highest BCUT2D eigenvalue weighted by atomic mass is 32.2. The van der Waals surface area contributed by atoms with Gasteiger partial charge in [0.2, 0.25) is 5.91 Å². The van der Waals surface area contributed by atoms with Crippen molar-refractivity contribution in [1.29, 1.82) is 0 Å². The molecule has 0 aliphatic carbocycles. The first-order valence-electron chi connectivity index (χ1n) is 6.59. The second-order valence-electron chi connectivity index (χ2n) is 4.82. The fourth-order valence-electron chi connectivity index (χ4n) is 2.09. The van der Waals surface area contributed by atoms with Crippen molar-refractivity contribution in [3.05, 3.63) is 29.8 Å². The molecule has 0 spiro atoms. The third kappa shape index (κ3) is 4.18. The number of alkyl halides is 2. The van der Waals surface area contributed by atoms with E-state index < -0.39 is 30.8 Å². The van der Waals surface area contributed by atoms with Crippen LogP contribution in [0.4, 0.5) is 14.5 Å². The summed E-state index contributed by atoms with van der Waals surface area (Å²) in [4.78, 5) is 11.9. The molecule has 6 heteroatoms. The third-order valence-electron chi connectivity index (χ3n) is 3.09. The van der Waals surface area contributed by atoms with E-state index in [1.165, 1.54) is 0 Å². The van der Waals surface area contributed by atoms with Crippen molar-refractivity contribution in [2.24, 2.45) is 0 Å². The Kier molecular flexibility index (Phi) is 4.99. The van der Waals surface area contributed by atoms with Crippen molar-refractivity contribution in [2.45, 2.75) is 31.1 Å². The summed E-state index contributed by atoms with van der Waals surface area (Å²) in [5.74, 6) is -1.29. The summed E-state index contributed by atoms with van der Waals surface area (Å²) in [6, 6.07) is 6.68. The molecular formula is C14H18F2N2OS. The van der Waals surface area contributed by atoms with Gasteiger partial charge in [0, 0.05) is 17.9 Å². The fourth-order valence-corrected chi connectivity index (χ4v) is 2.71. The molecule has 0 radical (unpaired) electrons. The van der Waals surface area contributed by atoms with E-state index in [-0.39, 0.29) is 0 Å². The van der Waals surface area contributed by atoms with Crippen LogP contribution in [0.25, 0.3) is 0 Å². The normalized spacial score (nSPS) is 20.9. The zero-order valence-electron chi connectivity index (χ0n) is 11.3. The first-order valence-corrected chi connectivity index (χ1v) is 7.74. The molecule has 1 aliphatic heterocycles. The Morgan fingerprint density at radius 1 is 1.55 bits per heavy atom. The van der Waals surface area contributed by atoms with Crippen LogP contribution < -0.4 is 10.6 Å². The van der Waals surface area contributed by atoms with Crippen LogP contribution in [-0.2, 0) is 10.5 Å². The second-order valence-corrected chi connectivity index (χ2v) is 6.09. The van der Waals surface area contributed by atoms with Crippen molar-refractivity contribution in [1.82, 2.24) is 5.32 Å². The number of amides is 1. The molecule has 0 aromatic heterocycles. The number of rotatable bonds is 5. The monoisotopic (exact) mass is 300 g/mol. The lowest BCUT2D eigenvalue weighted by Gasteiger charge is -2.12. The van der Waals surface area contributed by atoms with Crippen molar-refractivity contribution in [3.63, 3.8) is 0 Å². The van der Waals surface area contributed by atoms with Crippen molar-refractivity contribution >= 4 is 23.4 Å². The number of anilines is 1. The average Bonchev–Trinajstić information content (AvgIpc) is 2.77. The fraction of sp³-hybridized carbons (Fsp3) is 0.500. The number of thioether (sulfide) groups is 1. The van der Waals surface area contributed by atoms with Crippen LogP contribution in [0.15, 0.2) is 24.3 Å². The molecular weight excluding hydrogens is 282 g/mol. The van der Waals surface area contributed by atoms with Gasteiger partial charge in [0.1, 0.15) is 0 Å². The van der Waals surface area contributed by atoms with Gasteiger partial charge in [-0.05, 0) is 23.4 Å². The summed E-state index contributed by atoms with van der Waals surface area (Å²) in [6.45, 7) is 1.65. The number of benzene rings is 1.